The number of halogens is 2. The van der Waals surface area contributed by atoms with Crippen LogP contribution in [0.4, 0.5) is 8.78 Å². The van der Waals surface area contributed by atoms with Crippen molar-refractivity contribution in [2.75, 3.05) is 34.4 Å². The summed E-state index contributed by atoms with van der Waals surface area (Å²) in [7, 11) is 4.63. The number of nitrogens with zero attached hydrogens (tertiary/aromatic N) is 1. The van der Waals surface area contributed by atoms with Crippen LogP contribution in [0, 0.1) is 0 Å². The highest BCUT2D eigenvalue weighted by Gasteiger charge is 2.15. The number of carbonyl (C=O) groups is 2. The Morgan fingerprint density at radius 3 is 2.30 bits per heavy atom. The van der Waals surface area contributed by atoms with Crippen molar-refractivity contribution in [3.8, 4) is 23.0 Å². The first-order valence-electron chi connectivity index (χ1n) is 9.97. The molecule has 0 radical (unpaired) electrons. The number of alkyl halides is 2. The van der Waals surface area contributed by atoms with Gasteiger partial charge in [0.2, 0.25) is 0 Å². The summed E-state index contributed by atoms with van der Waals surface area (Å²) in [5.74, 6) is 0.00903. The molecule has 9 nitrogen and oxygen atoms in total. The second-order valence-corrected chi connectivity index (χ2v) is 6.84. The van der Waals surface area contributed by atoms with Gasteiger partial charge in [-0.3, -0.25) is 25.3 Å². The van der Waals surface area contributed by atoms with Crippen LogP contribution in [0.15, 0.2) is 36.4 Å². The van der Waals surface area contributed by atoms with E-state index in [-0.39, 0.29) is 30.2 Å². The standard InChI is InChI=1S/C22H27F2N3O6/c1-5-32-19-10-14(6-8-17(19)33-22(23)24)12-27(2)13-20(28)25-26-21(29)15-7-9-16(30-3)18(11-15)31-4/h6-11,22H,5,12-13H2,1-4H3,(H,25,28)(H,26,29). The Balaban J connectivity index is 1.90. The monoisotopic (exact) mass is 467 g/mol. The molecule has 0 unspecified atom stereocenters. The number of likely N-dealkylation sites (N-methyl/N-ethyl adjacent to an activating group) is 1. The van der Waals surface area contributed by atoms with E-state index >= 15 is 0 Å². The third-order valence-electron chi connectivity index (χ3n) is 4.35. The summed E-state index contributed by atoms with van der Waals surface area (Å²) in [6, 6.07) is 9.18. The Morgan fingerprint density at radius 1 is 0.970 bits per heavy atom. The van der Waals surface area contributed by atoms with Crippen molar-refractivity contribution in [2.45, 2.75) is 20.1 Å². The number of hydrazine groups is 1. The zero-order chi connectivity index (χ0) is 24.4. The van der Waals surface area contributed by atoms with Crippen LogP contribution in [-0.2, 0) is 11.3 Å². The molecule has 0 bridgehead atoms. The van der Waals surface area contributed by atoms with E-state index in [1.54, 1.807) is 37.1 Å². The minimum Gasteiger partial charge on any atom is -0.493 e. The number of rotatable bonds is 11. The number of hydrogen-bond acceptors (Lipinski definition) is 7. The molecule has 0 aliphatic rings. The molecular weight excluding hydrogens is 440 g/mol. The molecule has 0 aliphatic heterocycles. The zero-order valence-corrected chi connectivity index (χ0v) is 18.8. The first kappa shape index (κ1) is 25.7. The number of benzene rings is 2. The predicted octanol–water partition coefficient (Wildman–Crippen LogP) is 2.60. The fourth-order valence-corrected chi connectivity index (χ4v) is 2.94. The van der Waals surface area contributed by atoms with Crippen LogP contribution in [0.2, 0.25) is 0 Å². The number of carbonyl (C=O) groups excluding carboxylic acids is 2. The smallest absolute Gasteiger partial charge is 0.387 e. The number of methoxy groups -OCH3 is 2. The Labute approximate surface area is 190 Å². The van der Waals surface area contributed by atoms with Crippen LogP contribution in [0.5, 0.6) is 23.0 Å². The van der Waals surface area contributed by atoms with Gasteiger partial charge in [0.15, 0.2) is 23.0 Å². The van der Waals surface area contributed by atoms with E-state index in [1.165, 1.54) is 32.4 Å². The highest BCUT2D eigenvalue weighted by molar-refractivity contribution is 5.96. The van der Waals surface area contributed by atoms with E-state index in [9.17, 15) is 18.4 Å². The van der Waals surface area contributed by atoms with Crippen LogP contribution in [0.25, 0.3) is 0 Å². The molecule has 2 aromatic rings. The van der Waals surface area contributed by atoms with Crippen LogP contribution in [0.1, 0.15) is 22.8 Å². The van der Waals surface area contributed by atoms with Crippen molar-refractivity contribution in [3.63, 3.8) is 0 Å². The van der Waals surface area contributed by atoms with Gasteiger partial charge in [0, 0.05) is 12.1 Å². The Hall–Kier alpha value is -3.60. The average molecular weight is 467 g/mol. The molecule has 0 atom stereocenters. The first-order chi connectivity index (χ1) is 15.8. The highest BCUT2D eigenvalue weighted by Crippen LogP contribution is 2.30. The van der Waals surface area contributed by atoms with E-state index in [2.05, 4.69) is 15.6 Å². The van der Waals surface area contributed by atoms with Gasteiger partial charge in [-0.1, -0.05) is 6.07 Å². The molecule has 2 N–H and O–H groups in total. The lowest BCUT2D eigenvalue weighted by Crippen LogP contribution is -2.45. The molecule has 0 heterocycles. The molecule has 180 valence electrons. The lowest BCUT2D eigenvalue weighted by atomic mass is 10.2. The van der Waals surface area contributed by atoms with Crippen molar-refractivity contribution in [3.05, 3.63) is 47.5 Å². The molecule has 0 saturated heterocycles. The fraction of sp³-hybridized carbons (Fsp3) is 0.364. The largest absolute Gasteiger partial charge is 0.493 e. The van der Waals surface area contributed by atoms with Gasteiger partial charge >= 0.3 is 6.61 Å². The number of hydrogen-bond donors (Lipinski definition) is 2. The first-order valence-corrected chi connectivity index (χ1v) is 9.97. The SMILES string of the molecule is CCOc1cc(CN(C)CC(=O)NNC(=O)c2ccc(OC)c(OC)c2)ccc1OC(F)F. The summed E-state index contributed by atoms with van der Waals surface area (Å²) >= 11 is 0. The maximum Gasteiger partial charge on any atom is 0.387 e. The van der Waals surface area contributed by atoms with Gasteiger partial charge in [-0.25, -0.2) is 0 Å². The third kappa shape index (κ3) is 7.79. The van der Waals surface area contributed by atoms with Crippen molar-refractivity contribution in [1.82, 2.24) is 15.8 Å². The van der Waals surface area contributed by atoms with E-state index in [1.807, 2.05) is 0 Å². The van der Waals surface area contributed by atoms with E-state index in [0.717, 1.165) is 5.56 Å². The van der Waals surface area contributed by atoms with Crippen molar-refractivity contribution in [2.24, 2.45) is 0 Å². The second kappa shape index (κ2) is 12.4. The maximum absolute atomic E-state index is 12.5. The van der Waals surface area contributed by atoms with Gasteiger partial charge < -0.3 is 18.9 Å². The fourth-order valence-electron chi connectivity index (χ4n) is 2.94. The topological polar surface area (TPSA) is 98.4 Å². The quantitative estimate of drug-likeness (QED) is 0.490. The van der Waals surface area contributed by atoms with Crippen LogP contribution >= 0.6 is 0 Å². The Morgan fingerprint density at radius 2 is 1.67 bits per heavy atom. The minimum atomic E-state index is -2.96. The summed E-state index contributed by atoms with van der Waals surface area (Å²) in [6.45, 7) is -0.667. The molecule has 2 amide bonds. The van der Waals surface area contributed by atoms with Crippen molar-refractivity contribution >= 4 is 11.8 Å². The third-order valence-corrected chi connectivity index (χ3v) is 4.35. The molecule has 0 aromatic heterocycles. The number of amides is 2. The van der Waals surface area contributed by atoms with Gasteiger partial charge in [0.25, 0.3) is 11.8 Å². The number of ether oxygens (including phenoxy) is 4. The summed E-state index contributed by atoms with van der Waals surface area (Å²) < 4.78 is 45.2. The van der Waals surface area contributed by atoms with Crippen LogP contribution < -0.4 is 29.8 Å². The molecule has 11 heteroatoms. The summed E-state index contributed by atoms with van der Waals surface area (Å²) in [4.78, 5) is 26.2. The van der Waals surface area contributed by atoms with E-state index in [0.29, 0.717) is 18.0 Å². The summed E-state index contributed by atoms with van der Waals surface area (Å²) in [5, 5.41) is 0. The molecule has 0 fully saturated rings. The van der Waals surface area contributed by atoms with Crippen LogP contribution in [0.3, 0.4) is 0 Å². The lowest BCUT2D eigenvalue weighted by Gasteiger charge is -2.18. The van der Waals surface area contributed by atoms with Gasteiger partial charge in [-0.05, 0) is 49.9 Å². The molecule has 2 aromatic carbocycles. The van der Waals surface area contributed by atoms with Crippen LogP contribution in [-0.4, -0.2) is 57.7 Å². The highest BCUT2D eigenvalue weighted by atomic mass is 19.3. The molecular formula is C22H27F2N3O6. The zero-order valence-electron chi connectivity index (χ0n) is 18.8. The normalized spacial score (nSPS) is 10.7. The van der Waals surface area contributed by atoms with E-state index in [4.69, 9.17) is 14.2 Å². The molecule has 0 aliphatic carbocycles. The Bertz CT molecular complexity index is 958. The van der Waals surface area contributed by atoms with Gasteiger partial charge in [0.1, 0.15) is 0 Å². The molecule has 0 spiro atoms. The second-order valence-electron chi connectivity index (χ2n) is 6.84. The lowest BCUT2D eigenvalue weighted by molar-refractivity contribution is -0.122. The van der Waals surface area contributed by atoms with Gasteiger partial charge in [0.05, 0.1) is 27.4 Å². The minimum absolute atomic E-state index is 0.0362. The van der Waals surface area contributed by atoms with E-state index < -0.39 is 18.4 Å². The Kier molecular flexibility index (Phi) is 9.67. The molecule has 33 heavy (non-hydrogen) atoms. The van der Waals surface area contributed by atoms with Gasteiger partial charge in [-0.2, -0.15) is 8.78 Å². The number of nitrogens with one attached hydrogen (secondary N) is 2. The maximum atomic E-state index is 12.5. The van der Waals surface area contributed by atoms with Crippen molar-refractivity contribution < 1.29 is 37.3 Å². The molecule has 0 saturated carbocycles. The predicted molar refractivity (Wildman–Crippen MR) is 116 cm³/mol. The molecule has 2 rings (SSSR count). The van der Waals surface area contributed by atoms with Gasteiger partial charge in [-0.15, -0.1) is 0 Å². The van der Waals surface area contributed by atoms with Crippen molar-refractivity contribution in [1.29, 1.82) is 0 Å². The summed E-state index contributed by atoms with van der Waals surface area (Å²) in [6.07, 6.45) is 0. The summed E-state index contributed by atoms with van der Waals surface area (Å²) in [5.41, 5.74) is 5.69. The average Bonchev–Trinajstić information content (AvgIpc) is 2.78.